The molecule has 10 nitrogen and oxygen atoms in total. The van der Waals surface area contributed by atoms with Gasteiger partial charge in [-0.05, 0) is 37.3 Å². The van der Waals surface area contributed by atoms with Crippen molar-refractivity contribution in [2.45, 2.75) is 11.8 Å². The summed E-state index contributed by atoms with van der Waals surface area (Å²) in [6, 6.07) is 16.5. The van der Waals surface area contributed by atoms with E-state index in [1.807, 2.05) is 0 Å². The number of nitrogens with one attached hydrogen (secondary N) is 1. The third kappa shape index (κ3) is 5.09. The number of ether oxygens (including phenoxy) is 2. The Morgan fingerprint density at radius 3 is 2.29 bits per heavy atom. The quantitative estimate of drug-likeness (QED) is 0.361. The number of nitro benzene ring substituents is 1. The summed E-state index contributed by atoms with van der Waals surface area (Å²) in [6.07, 6.45) is 0. The van der Waals surface area contributed by atoms with E-state index in [9.17, 15) is 23.3 Å². The summed E-state index contributed by atoms with van der Waals surface area (Å²) < 4.78 is 38.5. The summed E-state index contributed by atoms with van der Waals surface area (Å²) in [6.45, 7) is 0.936. The highest BCUT2D eigenvalue weighted by Crippen LogP contribution is 2.32. The molecule has 0 unspecified atom stereocenters. The average Bonchev–Trinajstić information content (AvgIpc) is 2.83. The van der Waals surface area contributed by atoms with Crippen LogP contribution in [0.15, 0.2) is 71.6 Å². The van der Waals surface area contributed by atoms with Crippen molar-refractivity contribution in [1.29, 1.82) is 0 Å². The fourth-order valence-corrected chi connectivity index (χ4v) is 4.73. The number of methoxy groups -OCH3 is 2. The molecule has 0 aromatic heterocycles. The van der Waals surface area contributed by atoms with Gasteiger partial charge in [0.25, 0.3) is 15.7 Å². The highest BCUT2D eigenvalue weighted by Gasteiger charge is 2.28. The summed E-state index contributed by atoms with van der Waals surface area (Å²) in [5, 5.41) is 13.8. The third-order valence-electron chi connectivity index (χ3n) is 5.05. The lowest BCUT2D eigenvalue weighted by molar-refractivity contribution is -0.385. The van der Waals surface area contributed by atoms with Gasteiger partial charge in [0.1, 0.15) is 6.54 Å². The van der Waals surface area contributed by atoms with E-state index in [-0.39, 0.29) is 33.3 Å². The number of anilines is 2. The van der Waals surface area contributed by atoms with Crippen molar-refractivity contribution in [3.05, 3.63) is 82.4 Å². The lowest BCUT2D eigenvalue weighted by Crippen LogP contribution is -2.38. The highest BCUT2D eigenvalue weighted by atomic mass is 32.2. The van der Waals surface area contributed by atoms with Crippen LogP contribution in [-0.4, -0.2) is 40.0 Å². The molecule has 0 saturated carbocycles. The molecular formula is C23H23N3O7S. The molecule has 0 aliphatic rings. The smallest absolute Gasteiger partial charge is 0.274 e. The molecule has 0 fully saturated rings. The molecule has 11 heteroatoms. The number of nitro groups is 1. The summed E-state index contributed by atoms with van der Waals surface area (Å²) >= 11 is 0. The maximum absolute atomic E-state index is 13.6. The molecule has 0 bridgehead atoms. The van der Waals surface area contributed by atoms with Gasteiger partial charge < -0.3 is 14.8 Å². The molecule has 34 heavy (non-hydrogen) atoms. The Labute approximate surface area is 196 Å². The van der Waals surface area contributed by atoms with E-state index in [4.69, 9.17) is 9.47 Å². The van der Waals surface area contributed by atoms with E-state index in [0.29, 0.717) is 5.75 Å². The molecule has 178 valence electrons. The molecule has 0 spiro atoms. The van der Waals surface area contributed by atoms with Gasteiger partial charge in [-0.3, -0.25) is 19.2 Å². The van der Waals surface area contributed by atoms with E-state index in [0.717, 1.165) is 4.31 Å². The van der Waals surface area contributed by atoms with Crippen LogP contribution in [0.2, 0.25) is 0 Å². The first-order chi connectivity index (χ1) is 16.2. The lowest BCUT2D eigenvalue weighted by Gasteiger charge is -2.24. The monoisotopic (exact) mass is 485 g/mol. The van der Waals surface area contributed by atoms with Gasteiger partial charge in [0.05, 0.1) is 41.0 Å². The lowest BCUT2D eigenvalue weighted by atomic mass is 10.1. The molecule has 0 aliphatic carbocycles. The van der Waals surface area contributed by atoms with E-state index in [1.165, 1.54) is 57.5 Å². The van der Waals surface area contributed by atoms with Gasteiger partial charge in [-0.15, -0.1) is 0 Å². The maximum atomic E-state index is 13.6. The van der Waals surface area contributed by atoms with Crippen LogP contribution >= 0.6 is 0 Å². The average molecular weight is 486 g/mol. The topological polar surface area (TPSA) is 128 Å². The first-order valence-corrected chi connectivity index (χ1v) is 11.5. The molecule has 0 atom stereocenters. The second-order valence-electron chi connectivity index (χ2n) is 7.12. The van der Waals surface area contributed by atoms with Crippen molar-refractivity contribution >= 4 is 33.0 Å². The van der Waals surface area contributed by atoms with Crippen molar-refractivity contribution in [2.75, 3.05) is 30.4 Å². The Hall–Kier alpha value is -4.12. The van der Waals surface area contributed by atoms with E-state index >= 15 is 0 Å². The molecule has 0 aliphatic heterocycles. The standard InChI is InChI=1S/C23H23N3O7S/c1-16-19(10-7-11-20(16)26(28)29)24-23(27)15-25(17-8-5-4-6-9-17)34(30,31)18-12-13-21(32-2)22(14-18)33-3/h4-14H,15H2,1-3H3,(H,24,27). The van der Waals surface area contributed by atoms with Gasteiger partial charge >= 0.3 is 0 Å². The Balaban J connectivity index is 1.97. The molecule has 1 N–H and O–H groups in total. The predicted octanol–water partition coefficient (Wildman–Crippen LogP) is 3.75. The van der Waals surface area contributed by atoms with Crippen molar-refractivity contribution in [1.82, 2.24) is 0 Å². The predicted molar refractivity (Wildman–Crippen MR) is 127 cm³/mol. The van der Waals surface area contributed by atoms with Crippen LogP contribution in [0.3, 0.4) is 0 Å². The van der Waals surface area contributed by atoms with Crippen molar-refractivity contribution < 1.29 is 27.6 Å². The minimum absolute atomic E-state index is 0.103. The summed E-state index contributed by atoms with van der Waals surface area (Å²) in [5.74, 6) is -0.101. The van der Waals surface area contributed by atoms with Crippen LogP contribution in [0, 0.1) is 17.0 Å². The van der Waals surface area contributed by atoms with Gasteiger partial charge in [-0.2, -0.15) is 0 Å². The largest absolute Gasteiger partial charge is 0.493 e. The molecule has 3 aromatic rings. The third-order valence-corrected chi connectivity index (χ3v) is 6.82. The van der Waals surface area contributed by atoms with Crippen molar-refractivity contribution in [2.24, 2.45) is 0 Å². The minimum Gasteiger partial charge on any atom is -0.493 e. The first kappa shape index (κ1) is 24.5. The Morgan fingerprint density at radius 2 is 1.68 bits per heavy atom. The van der Waals surface area contributed by atoms with Gasteiger partial charge in [0.2, 0.25) is 5.91 Å². The normalized spacial score (nSPS) is 10.9. The second-order valence-corrected chi connectivity index (χ2v) is 8.98. The van der Waals surface area contributed by atoms with Crippen LogP contribution in [0.25, 0.3) is 0 Å². The summed E-state index contributed by atoms with van der Waals surface area (Å²) in [5.41, 5.74) is 0.587. The number of carbonyl (C=O) groups excluding carboxylic acids is 1. The van der Waals surface area contributed by atoms with Crippen LogP contribution in [0.4, 0.5) is 17.1 Å². The number of sulfonamides is 1. The van der Waals surface area contributed by atoms with Gasteiger partial charge in [-0.25, -0.2) is 8.42 Å². The van der Waals surface area contributed by atoms with Gasteiger partial charge in [0.15, 0.2) is 11.5 Å². The fourth-order valence-electron chi connectivity index (χ4n) is 3.29. The van der Waals surface area contributed by atoms with Gasteiger partial charge in [-0.1, -0.05) is 24.3 Å². The maximum Gasteiger partial charge on any atom is 0.274 e. The van der Waals surface area contributed by atoms with Crippen LogP contribution in [0.5, 0.6) is 11.5 Å². The number of hydrogen-bond donors (Lipinski definition) is 1. The molecule has 0 radical (unpaired) electrons. The number of benzene rings is 3. The molecule has 0 heterocycles. The molecular weight excluding hydrogens is 462 g/mol. The second kappa shape index (κ2) is 10.2. The zero-order chi connectivity index (χ0) is 24.9. The molecule has 1 amide bonds. The van der Waals surface area contributed by atoms with Crippen LogP contribution in [0.1, 0.15) is 5.56 Å². The Bertz CT molecular complexity index is 1310. The Kier molecular flexibility index (Phi) is 7.37. The van der Waals surface area contributed by atoms with Crippen molar-refractivity contribution in [3.8, 4) is 11.5 Å². The SMILES string of the molecule is COc1ccc(S(=O)(=O)N(CC(=O)Nc2cccc([N+](=O)[O-])c2C)c2ccccc2)cc1OC. The molecule has 3 rings (SSSR count). The zero-order valence-electron chi connectivity index (χ0n) is 18.7. The first-order valence-electron chi connectivity index (χ1n) is 10.0. The summed E-state index contributed by atoms with van der Waals surface area (Å²) in [7, 11) is -1.38. The van der Waals surface area contributed by atoms with Gasteiger partial charge in [0, 0.05) is 12.1 Å². The Morgan fingerprint density at radius 1 is 1.00 bits per heavy atom. The zero-order valence-corrected chi connectivity index (χ0v) is 19.5. The number of carbonyl (C=O) groups is 1. The number of hydrogen-bond acceptors (Lipinski definition) is 7. The van der Waals surface area contributed by atoms with Crippen LogP contribution in [-0.2, 0) is 14.8 Å². The molecule has 0 saturated heterocycles. The van der Waals surface area contributed by atoms with E-state index < -0.39 is 27.4 Å². The number of amides is 1. The van der Waals surface area contributed by atoms with E-state index in [2.05, 4.69) is 5.32 Å². The summed E-state index contributed by atoms with van der Waals surface area (Å²) in [4.78, 5) is 23.4. The number of rotatable bonds is 9. The van der Waals surface area contributed by atoms with E-state index in [1.54, 1.807) is 30.3 Å². The van der Waals surface area contributed by atoms with Crippen molar-refractivity contribution in [3.63, 3.8) is 0 Å². The number of nitrogens with zero attached hydrogens (tertiary/aromatic N) is 2. The fraction of sp³-hybridized carbons (Fsp3) is 0.174. The van der Waals surface area contributed by atoms with Crippen LogP contribution < -0.4 is 19.1 Å². The highest BCUT2D eigenvalue weighted by molar-refractivity contribution is 7.92. The number of para-hydroxylation sites is 1. The minimum atomic E-state index is -4.20. The molecule has 3 aromatic carbocycles.